The summed E-state index contributed by atoms with van der Waals surface area (Å²) in [5, 5.41) is 10.1. The van der Waals surface area contributed by atoms with Gasteiger partial charge in [0, 0.05) is 24.3 Å². The molecular weight excluding hydrogens is 290 g/mol. The molecule has 1 aromatic carbocycles. The summed E-state index contributed by atoms with van der Waals surface area (Å²) in [4.78, 5) is 9.30. The SMILES string of the molecule is Oc1ccccc1Cn1c(C2CCCOC2)nc2cccnc21. The average Bonchev–Trinajstić information content (AvgIpc) is 2.96. The number of ether oxygens (including phenoxy) is 1. The number of fused-ring (bicyclic) bond motifs is 1. The highest BCUT2D eigenvalue weighted by atomic mass is 16.5. The van der Waals surface area contributed by atoms with Crippen LogP contribution in [-0.4, -0.2) is 32.9 Å². The van der Waals surface area contributed by atoms with Crippen LogP contribution in [0.4, 0.5) is 0 Å². The van der Waals surface area contributed by atoms with Gasteiger partial charge in [-0.25, -0.2) is 9.97 Å². The van der Waals surface area contributed by atoms with Crippen LogP contribution in [0.25, 0.3) is 11.2 Å². The molecular formula is C18H19N3O2. The zero-order chi connectivity index (χ0) is 15.6. The monoisotopic (exact) mass is 309 g/mol. The van der Waals surface area contributed by atoms with Crippen LogP contribution in [0, 0.1) is 0 Å². The summed E-state index contributed by atoms with van der Waals surface area (Å²) < 4.78 is 7.75. The van der Waals surface area contributed by atoms with Crippen LogP contribution in [0.3, 0.4) is 0 Å². The van der Waals surface area contributed by atoms with Gasteiger partial charge in [0.2, 0.25) is 0 Å². The number of imidazole rings is 1. The smallest absolute Gasteiger partial charge is 0.160 e. The molecule has 5 nitrogen and oxygen atoms in total. The third-order valence-corrected chi connectivity index (χ3v) is 4.38. The first-order valence-corrected chi connectivity index (χ1v) is 7.98. The van der Waals surface area contributed by atoms with E-state index in [2.05, 4.69) is 9.55 Å². The second kappa shape index (κ2) is 6.01. The number of aromatic nitrogens is 3. The van der Waals surface area contributed by atoms with Crippen molar-refractivity contribution >= 4 is 11.2 Å². The Kier molecular flexibility index (Phi) is 3.71. The van der Waals surface area contributed by atoms with Crippen LogP contribution < -0.4 is 0 Å². The lowest BCUT2D eigenvalue weighted by Gasteiger charge is -2.22. The molecule has 2 aromatic heterocycles. The summed E-state index contributed by atoms with van der Waals surface area (Å²) in [6.07, 6.45) is 3.91. The second-order valence-electron chi connectivity index (χ2n) is 5.95. The summed E-state index contributed by atoms with van der Waals surface area (Å²) in [7, 11) is 0. The molecule has 23 heavy (non-hydrogen) atoms. The van der Waals surface area contributed by atoms with E-state index in [0.29, 0.717) is 18.9 Å². The van der Waals surface area contributed by atoms with Gasteiger partial charge in [0.25, 0.3) is 0 Å². The van der Waals surface area contributed by atoms with E-state index in [0.717, 1.165) is 42.0 Å². The number of hydrogen-bond acceptors (Lipinski definition) is 4. The largest absolute Gasteiger partial charge is 0.508 e. The van der Waals surface area contributed by atoms with Gasteiger partial charge < -0.3 is 14.4 Å². The van der Waals surface area contributed by atoms with E-state index in [9.17, 15) is 5.11 Å². The van der Waals surface area contributed by atoms with E-state index in [1.807, 2.05) is 30.3 Å². The summed E-state index contributed by atoms with van der Waals surface area (Å²) in [6, 6.07) is 11.3. The number of phenols is 1. The molecule has 0 bridgehead atoms. The minimum atomic E-state index is 0.281. The maximum Gasteiger partial charge on any atom is 0.160 e. The van der Waals surface area contributed by atoms with Gasteiger partial charge in [-0.05, 0) is 31.0 Å². The Bertz CT molecular complexity index is 822. The van der Waals surface area contributed by atoms with E-state index in [1.165, 1.54) is 0 Å². The van der Waals surface area contributed by atoms with Crippen LogP contribution in [-0.2, 0) is 11.3 Å². The summed E-state index contributed by atoms with van der Waals surface area (Å²) in [6.45, 7) is 2.09. The van der Waals surface area contributed by atoms with Gasteiger partial charge in [0.1, 0.15) is 17.1 Å². The van der Waals surface area contributed by atoms with Crippen molar-refractivity contribution in [3.63, 3.8) is 0 Å². The van der Waals surface area contributed by atoms with Crippen molar-refractivity contribution in [2.75, 3.05) is 13.2 Å². The first-order valence-electron chi connectivity index (χ1n) is 7.98. The van der Waals surface area contributed by atoms with E-state index in [1.54, 1.807) is 12.3 Å². The third kappa shape index (κ3) is 2.68. The highest BCUT2D eigenvalue weighted by Gasteiger charge is 2.23. The summed E-state index contributed by atoms with van der Waals surface area (Å²) >= 11 is 0. The fourth-order valence-electron chi connectivity index (χ4n) is 3.20. The van der Waals surface area contributed by atoms with E-state index >= 15 is 0 Å². The fraction of sp³-hybridized carbons (Fsp3) is 0.333. The minimum Gasteiger partial charge on any atom is -0.508 e. The van der Waals surface area contributed by atoms with Gasteiger partial charge in [-0.15, -0.1) is 0 Å². The predicted octanol–water partition coefficient (Wildman–Crippen LogP) is 3.08. The Labute approximate surface area is 134 Å². The maximum absolute atomic E-state index is 10.1. The van der Waals surface area contributed by atoms with Gasteiger partial charge in [-0.1, -0.05) is 18.2 Å². The van der Waals surface area contributed by atoms with Gasteiger partial charge in [-0.3, -0.25) is 0 Å². The summed E-state index contributed by atoms with van der Waals surface area (Å²) in [5.74, 6) is 1.58. The van der Waals surface area contributed by atoms with Crippen LogP contribution in [0.15, 0.2) is 42.6 Å². The molecule has 0 aliphatic carbocycles. The predicted molar refractivity (Wildman–Crippen MR) is 87.5 cm³/mol. The van der Waals surface area contributed by atoms with Crippen molar-refractivity contribution in [1.29, 1.82) is 0 Å². The molecule has 1 fully saturated rings. The Morgan fingerprint density at radius 2 is 2.13 bits per heavy atom. The standard InChI is InChI=1S/C18H19N3O2/c22-16-8-2-1-5-13(16)11-21-17(14-6-4-10-23-12-14)20-15-7-3-9-19-18(15)21/h1-3,5,7-9,14,22H,4,6,10-12H2. The zero-order valence-electron chi connectivity index (χ0n) is 12.9. The number of benzene rings is 1. The number of pyridine rings is 1. The Morgan fingerprint density at radius 1 is 1.22 bits per heavy atom. The van der Waals surface area contributed by atoms with Crippen molar-refractivity contribution in [3.05, 3.63) is 54.0 Å². The molecule has 4 rings (SSSR count). The number of rotatable bonds is 3. The van der Waals surface area contributed by atoms with Gasteiger partial charge in [0.05, 0.1) is 13.2 Å². The molecule has 1 N–H and O–H groups in total. The van der Waals surface area contributed by atoms with Crippen LogP contribution >= 0.6 is 0 Å². The van der Waals surface area contributed by atoms with E-state index in [4.69, 9.17) is 9.72 Å². The fourth-order valence-corrected chi connectivity index (χ4v) is 3.20. The van der Waals surface area contributed by atoms with Crippen molar-refractivity contribution in [3.8, 4) is 5.75 Å². The molecule has 1 aliphatic heterocycles. The van der Waals surface area contributed by atoms with Gasteiger partial charge in [-0.2, -0.15) is 0 Å². The zero-order valence-corrected chi connectivity index (χ0v) is 12.9. The average molecular weight is 309 g/mol. The lowest BCUT2D eigenvalue weighted by molar-refractivity contribution is 0.0772. The molecule has 1 aliphatic rings. The Morgan fingerprint density at radius 3 is 2.96 bits per heavy atom. The number of hydrogen-bond donors (Lipinski definition) is 1. The van der Waals surface area contributed by atoms with Crippen LogP contribution in [0.5, 0.6) is 5.75 Å². The quantitative estimate of drug-likeness (QED) is 0.807. The summed E-state index contributed by atoms with van der Waals surface area (Å²) in [5.41, 5.74) is 2.62. The molecule has 0 spiro atoms. The van der Waals surface area contributed by atoms with E-state index < -0.39 is 0 Å². The lowest BCUT2D eigenvalue weighted by Crippen LogP contribution is -2.20. The van der Waals surface area contributed by atoms with Gasteiger partial charge in [0.15, 0.2) is 5.65 Å². The first kappa shape index (κ1) is 14.2. The number of phenolic OH excluding ortho intramolecular Hbond substituents is 1. The minimum absolute atomic E-state index is 0.281. The molecule has 1 atom stereocenters. The lowest BCUT2D eigenvalue weighted by atomic mass is 10.0. The molecule has 3 aromatic rings. The van der Waals surface area contributed by atoms with Crippen molar-refractivity contribution in [2.24, 2.45) is 0 Å². The highest BCUT2D eigenvalue weighted by Crippen LogP contribution is 2.29. The van der Waals surface area contributed by atoms with Crippen LogP contribution in [0.2, 0.25) is 0 Å². The Balaban J connectivity index is 1.81. The molecule has 0 radical (unpaired) electrons. The van der Waals surface area contributed by atoms with Gasteiger partial charge >= 0.3 is 0 Å². The molecule has 1 unspecified atom stereocenters. The molecule has 0 amide bonds. The number of aromatic hydroxyl groups is 1. The molecule has 0 saturated carbocycles. The van der Waals surface area contributed by atoms with E-state index in [-0.39, 0.29) is 5.92 Å². The highest BCUT2D eigenvalue weighted by molar-refractivity contribution is 5.71. The molecule has 5 heteroatoms. The second-order valence-corrected chi connectivity index (χ2v) is 5.95. The molecule has 118 valence electrons. The normalized spacial score (nSPS) is 18.3. The number of nitrogens with zero attached hydrogens (tertiary/aromatic N) is 3. The maximum atomic E-state index is 10.1. The van der Waals surface area contributed by atoms with Crippen molar-refractivity contribution < 1.29 is 9.84 Å². The topological polar surface area (TPSA) is 60.2 Å². The van der Waals surface area contributed by atoms with Crippen molar-refractivity contribution in [2.45, 2.75) is 25.3 Å². The Hall–Kier alpha value is -2.40. The first-order chi connectivity index (χ1) is 11.3. The third-order valence-electron chi connectivity index (χ3n) is 4.38. The number of para-hydroxylation sites is 1. The molecule has 1 saturated heterocycles. The molecule has 3 heterocycles. The van der Waals surface area contributed by atoms with Crippen molar-refractivity contribution in [1.82, 2.24) is 14.5 Å². The van der Waals surface area contributed by atoms with Crippen LogP contribution in [0.1, 0.15) is 30.1 Å².